The van der Waals surface area contributed by atoms with Gasteiger partial charge in [-0.15, -0.1) is 0 Å². The van der Waals surface area contributed by atoms with Crippen molar-refractivity contribution in [3.8, 4) is 5.75 Å². The van der Waals surface area contributed by atoms with Crippen LogP contribution in [0.5, 0.6) is 5.75 Å². The number of rotatable bonds is 4. The molecule has 0 radical (unpaired) electrons. The molecule has 2 amide bonds. The smallest absolute Gasteiger partial charge is 0.297 e. The maximum Gasteiger partial charge on any atom is 0.297 e. The van der Waals surface area contributed by atoms with Gasteiger partial charge in [0.1, 0.15) is 17.4 Å². The van der Waals surface area contributed by atoms with Gasteiger partial charge < -0.3 is 4.74 Å². The molecule has 0 aromatic heterocycles. The zero-order valence-electron chi connectivity index (χ0n) is 18.3. The second kappa shape index (κ2) is 6.95. The van der Waals surface area contributed by atoms with Crippen molar-refractivity contribution in [2.75, 3.05) is 12.0 Å². The third-order valence-corrected chi connectivity index (χ3v) is 7.48. The fourth-order valence-electron chi connectivity index (χ4n) is 6.24. The third kappa shape index (κ3) is 2.38. The summed E-state index contributed by atoms with van der Waals surface area (Å²) in [5.74, 6) is -4.33. The molecule has 3 aromatic rings. The van der Waals surface area contributed by atoms with E-state index in [0.29, 0.717) is 22.3 Å². The molecule has 3 aliphatic carbocycles. The zero-order valence-corrected chi connectivity index (χ0v) is 18.3. The summed E-state index contributed by atoms with van der Waals surface area (Å²) in [7, 11) is 1.34. The number of ether oxygens (including phenoxy) is 1. The average Bonchev–Trinajstić information content (AvgIpc) is 3.14. The van der Waals surface area contributed by atoms with Crippen molar-refractivity contribution in [1.82, 2.24) is 0 Å². The van der Waals surface area contributed by atoms with E-state index in [2.05, 4.69) is 0 Å². The number of imide groups is 1. The number of nitro groups is 2. The number of amides is 2. The molecule has 2 bridgehead atoms. The van der Waals surface area contributed by atoms with Gasteiger partial charge in [0, 0.05) is 22.0 Å². The highest BCUT2D eigenvalue weighted by molar-refractivity contribution is 6.24. The minimum absolute atomic E-state index is 0.179. The molecule has 7 rings (SSSR count). The van der Waals surface area contributed by atoms with Crippen LogP contribution in [0.25, 0.3) is 0 Å². The van der Waals surface area contributed by atoms with E-state index in [9.17, 15) is 29.8 Å². The Morgan fingerprint density at radius 3 is 2.03 bits per heavy atom. The van der Waals surface area contributed by atoms with Gasteiger partial charge in [-0.25, -0.2) is 4.90 Å². The molecule has 1 fully saturated rings. The molecule has 0 spiro atoms. The molecule has 1 saturated heterocycles. The van der Waals surface area contributed by atoms with Crippen LogP contribution in [0, 0.1) is 32.1 Å². The quantitative estimate of drug-likeness (QED) is 0.324. The number of nitro benzene ring substituents is 1. The molecule has 174 valence electrons. The van der Waals surface area contributed by atoms with Gasteiger partial charge in [0.25, 0.3) is 11.2 Å². The summed E-state index contributed by atoms with van der Waals surface area (Å²) >= 11 is 0. The first kappa shape index (κ1) is 21.0. The van der Waals surface area contributed by atoms with Crippen LogP contribution in [0.1, 0.15) is 28.2 Å². The predicted molar refractivity (Wildman–Crippen MR) is 122 cm³/mol. The van der Waals surface area contributed by atoms with E-state index in [1.54, 1.807) is 48.5 Å². The molecule has 1 aliphatic heterocycles. The summed E-state index contributed by atoms with van der Waals surface area (Å²) in [5.41, 5.74) is -0.722. The van der Waals surface area contributed by atoms with Crippen LogP contribution in [0.4, 0.5) is 11.4 Å². The Labute approximate surface area is 198 Å². The summed E-state index contributed by atoms with van der Waals surface area (Å²) in [4.78, 5) is 52.2. The minimum atomic E-state index is -1.99. The lowest BCUT2D eigenvalue weighted by Crippen LogP contribution is -2.57. The van der Waals surface area contributed by atoms with Crippen LogP contribution in [0.2, 0.25) is 0 Å². The molecule has 0 unspecified atom stereocenters. The first-order valence-corrected chi connectivity index (χ1v) is 10.9. The molecule has 0 N–H and O–H groups in total. The largest absolute Gasteiger partial charge is 0.496 e. The number of anilines is 1. The molecule has 2 atom stereocenters. The van der Waals surface area contributed by atoms with Gasteiger partial charge in [-0.3, -0.25) is 29.8 Å². The fraction of sp³-hybridized carbons (Fsp3) is 0.200. The van der Waals surface area contributed by atoms with Gasteiger partial charge in [-0.2, -0.15) is 0 Å². The van der Waals surface area contributed by atoms with E-state index in [-0.39, 0.29) is 11.4 Å². The van der Waals surface area contributed by atoms with Crippen LogP contribution in [-0.2, 0) is 15.1 Å². The van der Waals surface area contributed by atoms with Crippen LogP contribution < -0.4 is 9.64 Å². The van der Waals surface area contributed by atoms with Crippen molar-refractivity contribution in [2.24, 2.45) is 11.8 Å². The molecule has 1 heterocycles. The molecular formula is C25H17N3O7. The van der Waals surface area contributed by atoms with E-state index >= 15 is 0 Å². The third-order valence-electron chi connectivity index (χ3n) is 7.48. The standard InChI is InChI=1S/C25H17N3O7/c1-35-13-10-11-18(19(12-13)27(31)32)26-23(29)21-20-14-6-2-4-8-16(14)25(28(33)34,22(21)24(26)30)17-9-5-3-7-15(17)20/h2-12,20-22H,1H3/t20?,21-,22+,25?/m0/s1. The Bertz CT molecular complexity index is 1440. The van der Waals surface area contributed by atoms with Crippen LogP contribution in [-0.4, -0.2) is 28.8 Å². The lowest BCUT2D eigenvalue weighted by Gasteiger charge is -2.48. The highest BCUT2D eigenvalue weighted by Crippen LogP contribution is 2.64. The normalized spacial score (nSPS) is 25.6. The maximum absolute atomic E-state index is 13.9. The second-order valence-corrected chi connectivity index (χ2v) is 8.80. The number of carbonyl (C=O) groups is 2. The first-order chi connectivity index (χ1) is 16.8. The number of methoxy groups -OCH3 is 1. The summed E-state index contributed by atoms with van der Waals surface area (Å²) in [6, 6.07) is 17.4. The average molecular weight is 471 g/mol. The lowest BCUT2D eigenvalue weighted by molar-refractivity contribution is -0.578. The molecular weight excluding hydrogens is 454 g/mol. The van der Waals surface area contributed by atoms with Crippen molar-refractivity contribution >= 4 is 23.2 Å². The van der Waals surface area contributed by atoms with Gasteiger partial charge in [0.15, 0.2) is 0 Å². The van der Waals surface area contributed by atoms with Crippen LogP contribution >= 0.6 is 0 Å². The fourth-order valence-corrected chi connectivity index (χ4v) is 6.24. The van der Waals surface area contributed by atoms with Gasteiger partial charge in [0.2, 0.25) is 11.8 Å². The van der Waals surface area contributed by atoms with Crippen LogP contribution in [0.3, 0.4) is 0 Å². The van der Waals surface area contributed by atoms with E-state index in [4.69, 9.17) is 4.74 Å². The minimum Gasteiger partial charge on any atom is -0.496 e. The van der Waals surface area contributed by atoms with E-state index in [0.717, 1.165) is 11.0 Å². The summed E-state index contributed by atoms with van der Waals surface area (Å²) in [6.07, 6.45) is 0. The van der Waals surface area contributed by atoms with E-state index in [1.807, 2.05) is 0 Å². The SMILES string of the molecule is COc1ccc(N2C(=O)[C@H]3C4c5ccccc5C([N+](=O)[O-])(c5ccccc54)[C@H]3C2=O)c([N+](=O)[O-])c1. The summed E-state index contributed by atoms with van der Waals surface area (Å²) < 4.78 is 5.06. The zero-order chi connectivity index (χ0) is 24.6. The number of benzene rings is 3. The number of hydrogen-bond donors (Lipinski definition) is 0. The predicted octanol–water partition coefficient (Wildman–Crippen LogP) is 3.39. The molecule has 0 saturated carbocycles. The Hall–Kier alpha value is -4.60. The van der Waals surface area contributed by atoms with Crippen molar-refractivity contribution in [3.05, 3.63) is 109 Å². The number of nitrogens with zero attached hydrogens (tertiary/aromatic N) is 3. The second-order valence-electron chi connectivity index (χ2n) is 8.80. The van der Waals surface area contributed by atoms with Crippen molar-refractivity contribution in [3.63, 3.8) is 0 Å². The van der Waals surface area contributed by atoms with Crippen molar-refractivity contribution in [1.29, 1.82) is 0 Å². The Balaban J connectivity index is 1.64. The Kier molecular flexibility index (Phi) is 4.17. The molecule has 10 heteroatoms. The van der Waals surface area contributed by atoms with E-state index < -0.39 is 50.6 Å². The van der Waals surface area contributed by atoms with Crippen LogP contribution in [0.15, 0.2) is 66.7 Å². The number of carbonyl (C=O) groups excluding carboxylic acids is 2. The Morgan fingerprint density at radius 1 is 0.886 bits per heavy atom. The monoisotopic (exact) mass is 471 g/mol. The summed E-state index contributed by atoms with van der Waals surface area (Å²) in [6.45, 7) is 0. The molecule has 10 nitrogen and oxygen atoms in total. The van der Waals surface area contributed by atoms with Gasteiger partial charge in [-0.05, 0) is 23.3 Å². The van der Waals surface area contributed by atoms with Gasteiger partial charge >= 0.3 is 0 Å². The maximum atomic E-state index is 13.9. The number of hydrogen-bond acceptors (Lipinski definition) is 7. The molecule has 4 aliphatic rings. The van der Waals surface area contributed by atoms with Gasteiger partial charge in [-0.1, -0.05) is 48.5 Å². The molecule has 35 heavy (non-hydrogen) atoms. The van der Waals surface area contributed by atoms with Crippen molar-refractivity contribution in [2.45, 2.75) is 11.5 Å². The highest BCUT2D eigenvalue weighted by atomic mass is 16.6. The Morgan fingerprint density at radius 2 is 1.49 bits per heavy atom. The highest BCUT2D eigenvalue weighted by Gasteiger charge is 2.75. The van der Waals surface area contributed by atoms with Gasteiger partial charge in [0.05, 0.1) is 24.0 Å². The van der Waals surface area contributed by atoms with E-state index in [1.165, 1.54) is 19.2 Å². The van der Waals surface area contributed by atoms with Crippen molar-refractivity contribution < 1.29 is 24.2 Å². The topological polar surface area (TPSA) is 133 Å². The summed E-state index contributed by atoms with van der Waals surface area (Å²) in [5, 5.41) is 24.8. The first-order valence-electron chi connectivity index (χ1n) is 10.9. The lowest BCUT2D eigenvalue weighted by atomic mass is 9.51. The molecule has 3 aromatic carbocycles.